The third-order valence-electron chi connectivity index (χ3n) is 6.29. The molecule has 1 aliphatic heterocycles. The molecule has 0 spiro atoms. The van der Waals surface area contributed by atoms with Gasteiger partial charge in [-0.15, -0.1) is 0 Å². The van der Waals surface area contributed by atoms with E-state index in [1.165, 1.54) is 31.6 Å². The Hall–Kier alpha value is -4.38. The van der Waals surface area contributed by atoms with E-state index in [0.29, 0.717) is 35.1 Å². The lowest BCUT2D eigenvalue weighted by molar-refractivity contribution is -0.137. The van der Waals surface area contributed by atoms with Gasteiger partial charge in [0.25, 0.3) is 0 Å². The van der Waals surface area contributed by atoms with E-state index in [2.05, 4.69) is 15.3 Å². The van der Waals surface area contributed by atoms with Crippen molar-refractivity contribution in [3.8, 4) is 11.5 Å². The van der Waals surface area contributed by atoms with Crippen LogP contribution < -0.4 is 14.8 Å². The number of alkyl halides is 3. The molecule has 0 fully saturated rings. The highest BCUT2D eigenvalue weighted by Crippen LogP contribution is 2.36. The SMILES string of the molecule is COc1cc2c(cc1OCc1ccc(C(F)(F)F)cc1)CCNC2/C=C/c1cnc2ncc(C(=O)O)cn12. The Balaban J connectivity index is 1.36. The standard InChI is InChI=1S/C27H23F3N4O4/c1-37-23-11-21-17(10-24(23)38-15-16-2-4-19(5-3-16)27(28,29)30)8-9-31-22(21)7-6-20-13-33-26-32-12-18(25(35)36)14-34(20)26/h2-7,10-14,22,31H,8-9,15H2,1H3,(H,35,36)/b7-6+. The molecule has 196 valence electrons. The number of hydrogen-bond acceptors (Lipinski definition) is 6. The van der Waals surface area contributed by atoms with E-state index in [1.807, 2.05) is 24.3 Å². The number of rotatable bonds is 7. The van der Waals surface area contributed by atoms with E-state index in [1.54, 1.807) is 10.6 Å². The zero-order valence-electron chi connectivity index (χ0n) is 20.2. The van der Waals surface area contributed by atoms with E-state index < -0.39 is 17.7 Å². The molecule has 0 radical (unpaired) electrons. The molecule has 2 aromatic heterocycles. The average Bonchev–Trinajstić information content (AvgIpc) is 3.32. The molecule has 0 saturated carbocycles. The fraction of sp³-hybridized carbons (Fsp3) is 0.222. The maximum atomic E-state index is 12.8. The molecule has 0 saturated heterocycles. The van der Waals surface area contributed by atoms with Crippen molar-refractivity contribution in [2.45, 2.75) is 25.2 Å². The molecule has 2 aromatic carbocycles. The number of benzene rings is 2. The first-order valence-corrected chi connectivity index (χ1v) is 11.7. The molecule has 0 aliphatic carbocycles. The summed E-state index contributed by atoms with van der Waals surface area (Å²) in [6, 6.07) is 8.49. The molecular formula is C27H23F3N4O4. The first kappa shape index (κ1) is 25.3. The highest BCUT2D eigenvalue weighted by molar-refractivity contribution is 5.87. The van der Waals surface area contributed by atoms with Crippen molar-refractivity contribution in [2.24, 2.45) is 0 Å². The van der Waals surface area contributed by atoms with Crippen LogP contribution in [-0.4, -0.2) is 39.1 Å². The van der Waals surface area contributed by atoms with E-state index in [0.717, 1.165) is 29.7 Å². The van der Waals surface area contributed by atoms with E-state index in [-0.39, 0.29) is 18.2 Å². The summed E-state index contributed by atoms with van der Waals surface area (Å²) < 4.78 is 51.6. The first-order valence-electron chi connectivity index (χ1n) is 11.7. The quantitative estimate of drug-likeness (QED) is 0.354. The molecule has 2 N–H and O–H groups in total. The fourth-order valence-corrected chi connectivity index (χ4v) is 4.31. The number of halogens is 3. The number of imidazole rings is 1. The minimum absolute atomic E-state index is 0.0554. The summed E-state index contributed by atoms with van der Waals surface area (Å²) in [6.45, 7) is 0.806. The largest absolute Gasteiger partial charge is 0.493 e. The number of aromatic carboxylic acids is 1. The molecule has 1 atom stereocenters. The van der Waals surface area contributed by atoms with Crippen LogP contribution >= 0.6 is 0 Å². The zero-order chi connectivity index (χ0) is 26.9. The van der Waals surface area contributed by atoms with Gasteiger partial charge in [-0.05, 0) is 53.5 Å². The van der Waals surface area contributed by atoms with Gasteiger partial charge in [0.2, 0.25) is 5.78 Å². The molecule has 1 unspecified atom stereocenters. The van der Waals surface area contributed by atoms with Gasteiger partial charge in [0.05, 0.1) is 36.2 Å². The van der Waals surface area contributed by atoms with Gasteiger partial charge in [-0.1, -0.05) is 18.2 Å². The summed E-state index contributed by atoms with van der Waals surface area (Å²) in [5.41, 5.74) is 2.67. The Kier molecular flexibility index (Phi) is 6.77. The van der Waals surface area contributed by atoms with Crippen molar-refractivity contribution in [1.82, 2.24) is 19.7 Å². The van der Waals surface area contributed by atoms with Gasteiger partial charge in [-0.3, -0.25) is 4.40 Å². The third-order valence-corrected chi connectivity index (χ3v) is 6.29. The van der Waals surface area contributed by atoms with Crippen molar-refractivity contribution in [3.05, 3.63) is 94.6 Å². The number of carboxylic acids is 1. The summed E-state index contributed by atoms with van der Waals surface area (Å²) >= 11 is 0. The minimum atomic E-state index is -4.39. The Bertz CT molecular complexity index is 1510. The zero-order valence-corrected chi connectivity index (χ0v) is 20.2. The van der Waals surface area contributed by atoms with E-state index >= 15 is 0 Å². The maximum Gasteiger partial charge on any atom is 0.416 e. The van der Waals surface area contributed by atoms with Crippen LogP contribution in [0.2, 0.25) is 0 Å². The number of hydrogen-bond donors (Lipinski definition) is 2. The van der Waals surface area contributed by atoms with Crippen molar-refractivity contribution >= 4 is 17.8 Å². The lowest BCUT2D eigenvalue weighted by Crippen LogP contribution is -2.28. The number of nitrogens with zero attached hydrogens (tertiary/aromatic N) is 3. The minimum Gasteiger partial charge on any atom is -0.493 e. The van der Waals surface area contributed by atoms with Crippen molar-refractivity contribution in [2.75, 3.05) is 13.7 Å². The van der Waals surface area contributed by atoms with Gasteiger partial charge in [0.1, 0.15) is 6.61 Å². The van der Waals surface area contributed by atoms with Gasteiger partial charge in [0.15, 0.2) is 11.5 Å². The Morgan fingerprint density at radius 2 is 1.95 bits per heavy atom. The van der Waals surface area contributed by atoms with Gasteiger partial charge in [-0.25, -0.2) is 14.8 Å². The van der Waals surface area contributed by atoms with Crippen LogP contribution in [0.15, 0.2) is 61.1 Å². The summed E-state index contributed by atoms with van der Waals surface area (Å²) in [4.78, 5) is 19.6. The second kappa shape index (κ2) is 10.2. The lowest BCUT2D eigenvalue weighted by atomic mass is 9.93. The number of fused-ring (bicyclic) bond motifs is 2. The van der Waals surface area contributed by atoms with Crippen LogP contribution in [0.5, 0.6) is 11.5 Å². The van der Waals surface area contributed by atoms with E-state index in [4.69, 9.17) is 9.47 Å². The summed E-state index contributed by atoms with van der Waals surface area (Å²) in [5, 5.41) is 12.7. The second-order valence-electron chi connectivity index (χ2n) is 8.73. The maximum absolute atomic E-state index is 12.8. The monoisotopic (exact) mass is 524 g/mol. The van der Waals surface area contributed by atoms with Gasteiger partial charge in [0, 0.05) is 18.9 Å². The van der Waals surface area contributed by atoms with Crippen LogP contribution in [0, 0.1) is 0 Å². The Morgan fingerprint density at radius 1 is 1.18 bits per heavy atom. The Labute approximate surface area is 215 Å². The highest BCUT2D eigenvalue weighted by Gasteiger charge is 2.30. The van der Waals surface area contributed by atoms with Gasteiger partial charge >= 0.3 is 12.1 Å². The third kappa shape index (κ3) is 5.18. The predicted octanol–water partition coefficient (Wildman–Crippen LogP) is 4.93. The summed E-state index contributed by atoms with van der Waals surface area (Å²) in [6.07, 6.45) is 4.53. The van der Waals surface area contributed by atoms with Crippen LogP contribution in [0.4, 0.5) is 13.2 Å². The van der Waals surface area contributed by atoms with Crippen molar-refractivity contribution < 1.29 is 32.5 Å². The molecule has 0 bridgehead atoms. The normalized spacial score (nSPS) is 15.5. The van der Waals surface area contributed by atoms with Crippen LogP contribution in [0.1, 0.15) is 44.3 Å². The molecular weight excluding hydrogens is 501 g/mol. The van der Waals surface area contributed by atoms with Crippen molar-refractivity contribution in [1.29, 1.82) is 0 Å². The number of methoxy groups -OCH3 is 1. The topological polar surface area (TPSA) is 98.0 Å². The number of carbonyl (C=O) groups is 1. The number of nitrogens with one attached hydrogen (secondary N) is 1. The number of ether oxygens (including phenoxy) is 2. The van der Waals surface area contributed by atoms with Gasteiger partial charge in [-0.2, -0.15) is 13.2 Å². The highest BCUT2D eigenvalue weighted by atomic mass is 19.4. The second-order valence-corrected chi connectivity index (χ2v) is 8.73. The number of carboxylic acid groups (broad SMARTS) is 1. The molecule has 11 heteroatoms. The van der Waals surface area contributed by atoms with Crippen molar-refractivity contribution in [3.63, 3.8) is 0 Å². The van der Waals surface area contributed by atoms with Crippen LogP contribution in [0.3, 0.4) is 0 Å². The molecule has 4 aromatic rings. The molecule has 8 nitrogen and oxygen atoms in total. The van der Waals surface area contributed by atoms with E-state index in [9.17, 15) is 23.1 Å². The molecule has 5 rings (SSSR count). The average molecular weight is 524 g/mol. The summed E-state index contributed by atoms with van der Waals surface area (Å²) in [5.74, 6) is 0.324. The molecule has 1 aliphatic rings. The van der Waals surface area contributed by atoms with Crippen LogP contribution in [-0.2, 0) is 19.2 Å². The predicted molar refractivity (Wildman–Crippen MR) is 132 cm³/mol. The number of aromatic nitrogens is 3. The fourth-order valence-electron chi connectivity index (χ4n) is 4.31. The Morgan fingerprint density at radius 3 is 2.66 bits per heavy atom. The van der Waals surface area contributed by atoms with Gasteiger partial charge < -0.3 is 19.9 Å². The molecule has 0 amide bonds. The van der Waals surface area contributed by atoms with Crippen LogP contribution in [0.25, 0.3) is 11.9 Å². The summed E-state index contributed by atoms with van der Waals surface area (Å²) in [7, 11) is 1.53. The molecule has 3 heterocycles. The molecule has 38 heavy (non-hydrogen) atoms. The first-order chi connectivity index (χ1) is 18.2. The smallest absolute Gasteiger partial charge is 0.416 e. The lowest BCUT2D eigenvalue weighted by Gasteiger charge is -2.26.